The Morgan fingerprint density at radius 2 is 2.05 bits per heavy atom. The van der Waals surface area contributed by atoms with Gasteiger partial charge in [-0.25, -0.2) is 4.79 Å². The number of benzene rings is 1. The number of hydrogen-bond acceptors (Lipinski definition) is 3. The maximum absolute atomic E-state index is 10.4. The number of urea groups is 1. The molecule has 1 unspecified atom stereocenters. The van der Waals surface area contributed by atoms with Crippen molar-refractivity contribution in [1.29, 1.82) is 0 Å². The van der Waals surface area contributed by atoms with Crippen LogP contribution in [0.25, 0.3) is 0 Å². The van der Waals surface area contributed by atoms with Gasteiger partial charge in [-0.15, -0.1) is 0 Å². The summed E-state index contributed by atoms with van der Waals surface area (Å²) in [4.78, 5) is 20.6. The number of carbonyl (C=O) groups excluding carboxylic acids is 2. The van der Waals surface area contributed by atoms with Crippen LogP contribution in [0.15, 0.2) is 18.2 Å². The Morgan fingerprint density at radius 1 is 1.30 bits per heavy atom. The van der Waals surface area contributed by atoms with E-state index in [1.165, 1.54) is 10.4 Å². The molecule has 3 rings (SSSR count). The summed E-state index contributed by atoms with van der Waals surface area (Å²) in [6, 6.07) is 5.57. The Kier molecular flexibility index (Phi) is 4.27. The standard InChI is InChI=1S/C11H14O.C4H6N2O2/c1-8(2)5-6-12-11-7-9-3-4-10(9)11;1-2-3(7)6-4(8)5-2/h3-4,7-8H,5-6H2,1-2H3;2H,1H3,(H2,5,6,7,8). The largest absolute Gasteiger partial charge is 0.493 e. The van der Waals surface area contributed by atoms with Crippen molar-refractivity contribution in [2.45, 2.75) is 33.2 Å². The van der Waals surface area contributed by atoms with Gasteiger partial charge in [-0.05, 0) is 30.5 Å². The highest BCUT2D eigenvalue weighted by molar-refractivity contribution is 6.03. The van der Waals surface area contributed by atoms with Gasteiger partial charge >= 0.3 is 6.03 Å². The van der Waals surface area contributed by atoms with Gasteiger partial charge in [0.25, 0.3) is 0 Å². The van der Waals surface area contributed by atoms with Crippen LogP contribution in [0.5, 0.6) is 5.75 Å². The molecular formula is C15H20N2O3. The van der Waals surface area contributed by atoms with Crippen LogP contribution in [-0.2, 0) is 4.79 Å². The lowest BCUT2D eigenvalue weighted by atomic mass is 10.1. The minimum atomic E-state index is -0.400. The van der Waals surface area contributed by atoms with Crippen molar-refractivity contribution >= 4 is 11.9 Å². The number of carbonyl (C=O) groups is 2. The molecule has 1 atom stereocenters. The lowest BCUT2D eigenvalue weighted by Crippen LogP contribution is -2.24. The number of amides is 3. The third kappa shape index (κ3) is 3.29. The molecule has 1 aliphatic heterocycles. The fourth-order valence-corrected chi connectivity index (χ4v) is 1.80. The van der Waals surface area contributed by atoms with E-state index in [9.17, 15) is 9.59 Å². The summed E-state index contributed by atoms with van der Waals surface area (Å²) in [7, 11) is 0. The van der Waals surface area contributed by atoms with Crippen LogP contribution < -0.4 is 15.4 Å². The lowest BCUT2D eigenvalue weighted by molar-refractivity contribution is -0.119. The zero-order valence-electron chi connectivity index (χ0n) is 12.0. The third-order valence-corrected chi connectivity index (χ3v) is 3.22. The number of hydrogen-bond donors (Lipinski definition) is 2. The average molecular weight is 276 g/mol. The SMILES string of the molecule is CC(C)CCOc1cc2ccc1=2.CC1NC(=O)NC1=O. The molecule has 0 aromatic rings. The summed E-state index contributed by atoms with van der Waals surface area (Å²) >= 11 is 0. The number of nitrogens with one attached hydrogen (secondary N) is 2. The minimum absolute atomic E-state index is 0.255. The van der Waals surface area contributed by atoms with E-state index in [0.29, 0.717) is 0 Å². The van der Waals surface area contributed by atoms with Gasteiger partial charge in [0.15, 0.2) is 0 Å². The molecule has 5 heteroatoms. The first-order chi connectivity index (χ1) is 9.47. The molecule has 3 amide bonds. The molecule has 2 N–H and O–H groups in total. The molecule has 2 aliphatic carbocycles. The van der Waals surface area contributed by atoms with Gasteiger partial charge in [-0.1, -0.05) is 26.0 Å². The van der Waals surface area contributed by atoms with Crippen molar-refractivity contribution in [3.8, 4) is 5.75 Å². The molecule has 0 aromatic carbocycles. The Balaban J connectivity index is 0.000000160. The maximum Gasteiger partial charge on any atom is 0.322 e. The van der Waals surface area contributed by atoms with Crippen LogP contribution in [0.3, 0.4) is 0 Å². The first-order valence-electron chi connectivity index (χ1n) is 6.86. The number of ether oxygens (including phenoxy) is 1. The van der Waals surface area contributed by atoms with Gasteiger partial charge in [-0.2, -0.15) is 0 Å². The van der Waals surface area contributed by atoms with Gasteiger partial charge in [0.05, 0.1) is 6.61 Å². The second-order valence-corrected chi connectivity index (χ2v) is 5.43. The maximum atomic E-state index is 10.4. The van der Waals surface area contributed by atoms with E-state index in [2.05, 4.69) is 42.7 Å². The molecular weight excluding hydrogens is 256 g/mol. The Bertz CT molecular complexity index is 610. The second kappa shape index (κ2) is 5.94. The second-order valence-electron chi connectivity index (χ2n) is 5.43. The molecule has 1 heterocycles. The summed E-state index contributed by atoms with van der Waals surface area (Å²) in [6.07, 6.45) is 1.14. The quantitative estimate of drug-likeness (QED) is 0.838. The van der Waals surface area contributed by atoms with Crippen LogP contribution in [0, 0.1) is 16.4 Å². The predicted molar refractivity (Wildman–Crippen MR) is 75.2 cm³/mol. The summed E-state index contributed by atoms with van der Waals surface area (Å²) in [5.74, 6) is 1.57. The molecule has 0 aromatic heterocycles. The lowest BCUT2D eigenvalue weighted by Gasteiger charge is -2.13. The summed E-state index contributed by atoms with van der Waals surface area (Å²) < 4.78 is 5.57. The molecule has 0 radical (unpaired) electrons. The highest BCUT2D eigenvalue weighted by Crippen LogP contribution is 2.24. The molecule has 0 bridgehead atoms. The zero-order chi connectivity index (χ0) is 14.7. The van der Waals surface area contributed by atoms with Gasteiger partial charge < -0.3 is 10.1 Å². The molecule has 108 valence electrons. The molecule has 1 saturated heterocycles. The first kappa shape index (κ1) is 14.4. The van der Waals surface area contributed by atoms with Gasteiger partial charge in [0, 0.05) is 5.22 Å². The minimum Gasteiger partial charge on any atom is -0.493 e. The highest BCUT2D eigenvalue weighted by atomic mass is 16.5. The summed E-state index contributed by atoms with van der Waals surface area (Å²) in [5, 5.41) is 7.12. The number of imide groups is 1. The number of rotatable bonds is 4. The van der Waals surface area contributed by atoms with Crippen molar-refractivity contribution in [3.05, 3.63) is 28.6 Å². The fraction of sp³-hybridized carbons (Fsp3) is 0.467. The molecule has 0 spiro atoms. The van der Waals surface area contributed by atoms with Gasteiger partial charge in [-0.3, -0.25) is 10.1 Å². The van der Waals surface area contributed by atoms with Crippen molar-refractivity contribution in [1.82, 2.24) is 10.6 Å². The Labute approximate surface area is 118 Å². The van der Waals surface area contributed by atoms with Crippen molar-refractivity contribution in [2.75, 3.05) is 6.61 Å². The Hall–Kier alpha value is -2.04. The normalized spacial score (nSPS) is 18.1. The van der Waals surface area contributed by atoms with E-state index < -0.39 is 6.03 Å². The van der Waals surface area contributed by atoms with E-state index >= 15 is 0 Å². The molecule has 5 nitrogen and oxygen atoms in total. The molecule has 20 heavy (non-hydrogen) atoms. The Morgan fingerprint density at radius 3 is 2.35 bits per heavy atom. The van der Waals surface area contributed by atoms with Crippen LogP contribution in [0.1, 0.15) is 27.2 Å². The van der Waals surface area contributed by atoms with Gasteiger partial charge in [0.1, 0.15) is 11.8 Å². The van der Waals surface area contributed by atoms with Crippen molar-refractivity contribution < 1.29 is 14.3 Å². The molecule has 0 saturated carbocycles. The predicted octanol–water partition coefficient (Wildman–Crippen LogP) is 1.93. The third-order valence-electron chi connectivity index (χ3n) is 3.22. The highest BCUT2D eigenvalue weighted by Gasteiger charge is 2.24. The van der Waals surface area contributed by atoms with Crippen LogP contribution in [0.4, 0.5) is 4.79 Å². The van der Waals surface area contributed by atoms with Crippen LogP contribution in [0.2, 0.25) is 0 Å². The van der Waals surface area contributed by atoms with Crippen molar-refractivity contribution in [2.24, 2.45) is 5.92 Å². The summed E-state index contributed by atoms with van der Waals surface area (Å²) in [6.45, 7) is 6.91. The van der Waals surface area contributed by atoms with E-state index in [0.717, 1.165) is 24.7 Å². The van der Waals surface area contributed by atoms with Crippen molar-refractivity contribution in [3.63, 3.8) is 0 Å². The van der Waals surface area contributed by atoms with E-state index in [1.54, 1.807) is 6.92 Å². The smallest absolute Gasteiger partial charge is 0.322 e. The van der Waals surface area contributed by atoms with E-state index in [1.807, 2.05) is 0 Å². The molecule has 3 aliphatic rings. The fourth-order valence-electron chi connectivity index (χ4n) is 1.80. The topological polar surface area (TPSA) is 67.4 Å². The average Bonchev–Trinajstić information content (AvgIpc) is 2.62. The first-order valence-corrected chi connectivity index (χ1v) is 6.86. The zero-order valence-corrected chi connectivity index (χ0v) is 12.0. The van der Waals surface area contributed by atoms with E-state index in [4.69, 9.17) is 4.74 Å². The van der Waals surface area contributed by atoms with E-state index in [-0.39, 0.29) is 11.9 Å². The summed E-state index contributed by atoms with van der Waals surface area (Å²) in [5.41, 5.74) is 0. The monoisotopic (exact) mass is 276 g/mol. The van der Waals surface area contributed by atoms with Gasteiger partial charge in [0.2, 0.25) is 5.91 Å². The van der Waals surface area contributed by atoms with Crippen LogP contribution in [-0.4, -0.2) is 24.6 Å². The van der Waals surface area contributed by atoms with Crippen LogP contribution >= 0.6 is 0 Å². The molecule has 1 fully saturated rings.